The minimum absolute atomic E-state index is 0.525. The molecule has 0 radical (unpaired) electrons. The number of nitrogens with one attached hydrogen (secondary N) is 1. The Labute approximate surface area is 112 Å². The summed E-state index contributed by atoms with van der Waals surface area (Å²) in [5.41, 5.74) is 1.11. The van der Waals surface area contributed by atoms with Gasteiger partial charge in [0.05, 0.1) is 6.54 Å². The van der Waals surface area contributed by atoms with Gasteiger partial charge in [-0.15, -0.1) is 5.10 Å². The molecule has 0 amide bonds. The minimum atomic E-state index is 0.525. The normalized spacial score (nSPS) is 10.6. The third-order valence-electron chi connectivity index (χ3n) is 2.63. The van der Waals surface area contributed by atoms with Gasteiger partial charge in [-0.1, -0.05) is 18.1 Å². The summed E-state index contributed by atoms with van der Waals surface area (Å²) < 4.78 is 5.59. The number of rotatable bonds is 7. The van der Waals surface area contributed by atoms with Crippen molar-refractivity contribution in [2.24, 2.45) is 0 Å². The van der Waals surface area contributed by atoms with Gasteiger partial charge in [0.2, 0.25) is 5.89 Å². The highest BCUT2D eigenvalue weighted by atomic mass is 16.4. The molecule has 102 valence electrons. The van der Waals surface area contributed by atoms with Crippen LogP contribution in [0, 0.1) is 0 Å². The Morgan fingerprint density at radius 3 is 3.00 bits per heavy atom. The van der Waals surface area contributed by atoms with Crippen LogP contribution in [0.25, 0.3) is 0 Å². The standard InChI is InChI=1S/C13H19N5O/c1-3-6-14-9-12-16-17-13(19-12)18(2)10-11-5-4-7-15-8-11/h4-5,7-8,14H,3,6,9-10H2,1-2H3. The van der Waals surface area contributed by atoms with E-state index in [1.165, 1.54) is 0 Å². The predicted octanol–water partition coefficient (Wildman–Crippen LogP) is 1.60. The topological polar surface area (TPSA) is 67.1 Å². The van der Waals surface area contributed by atoms with Crippen molar-refractivity contribution in [1.29, 1.82) is 0 Å². The van der Waals surface area contributed by atoms with Crippen molar-refractivity contribution in [3.05, 3.63) is 36.0 Å². The molecule has 0 bridgehead atoms. The van der Waals surface area contributed by atoms with Crippen molar-refractivity contribution in [2.45, 2.75) is 26.4 Å². The molecule has 2 aromatic heterocycles. The minimum Gasteiger partial charge on any atom is -0.407 e. The van der Waals surface area contributed by atoms with Crippen molar-refractivity contribution in [1.82, 2.24) is 20.5 Å². The van der Waals surface area contributed by atoms with Crippen LogP contribution in [0.2, 0.25) is 0 Å². The van der Waals surface area contributed by atoms with Gasteiger partial charge in [-0.2, -0.15) is 0 Å². The molecule has 6 heteroatoms. The van der Waals surface area contributed by atoms with Crippen molar-refractivity contribution in [3.63, 3.8) is 0 Å². The summed E-state index contributed by atoms with van der Waals surface area (Å²) in [6, 6.07) is 4.46. The van der Waals surface area contributed by atoms with Crippen LogP contribution in [-0.2, 0) is 13.1 Å². The quantitative estimate of drug-likeness (QED) is 0.764. The molecule has 2 aromatic rings. The molecule has 0 fully saturated rings. The van der Waals surface area contributed by atoms with E-state index in [4.69, 9.17) is 4.42 Å². The van der Waals surface area contributed by atoms with E-state index in [2.05, 4.69) is 27.4 Å². The largest absolute Gasteiger partial charge is 0.407 e. The van der Waals surface area contributed by atoms with Crippen LogP contribution in [-0.4, -0.2) is 28.8 Å². The van der Waals surface area contributed by atoms with Gasteiger partial charge >= 0.3 is 6.01 Å². The summed E-state index contributed by atoms with van der Waals surface area (Å²) in [5.74, 6) is 0.612. The Bertz CT molecular complexity index is 485. The lowest BCUT2D eigenvalue weighted by molar-refractivity contribution is 0.465. The smallest absolute Gasteiger partial charge is 0.318 e. The van der Waals surface area contributed by atoms with Crippen LogP contribution in [0.4, 0.5) is 6.01 Å². The Morgan fingerprint density at radius 2 is 2.26 bits per heavy atom. The third-order valence-corrected chi connectivity index (χ3v) is 2.63. The zero-order valence-corrected chi connectivity index (χ0v) is 11.3. The van der Waals surface area contributed by atoms with E-state index >= 15 is 0 Å². The number of aromatic nitrogens is 3. The number of nitrogens with zero attached hydrogens (tertiary/aromatic N) is 4. The van der Waals surface area contributed by atoms with E-state index in [-0.39, 0.29) is 0 Å². The summed E-state index contributed by atoms with van der Waals surface area (Å²) in [6.07, 6.45) is 4.67. The fraction of sp³-hybridized carbons (Fsp3) is 0.462. The first kappa shape index (κ1) is 13.5. The number of hydrogen-bond donors (Lipinski definition) is 1. The molecule has 0 unspecified atom stereocenters. The molecule has 1 N–H and O–H groups in total. The molecular formula is C13H19N5O. The molecule has 0 spiro atoms. The summed E-state index contributed by atoms with van der Waals surface area (Å²) in [7, 11) is 1.92. The zero-order chi connectivity index (χ0) is 13.5. The lowest BCUT2D eigenvalue weighted by Crippen LogP contribution is -2.16. The van der Waals surface area contributed by atoms with Crippen molar-refractivity contribution in [2.75, 3.05) is 18.5 Å². The molecule has 2 rings (SSSR count). The molecule has 0 aliphatic rings. The number of hydrogen-bond acceptors (Lipinski definition) is 6. The van der Waals surface area contributed by atoms with Gasteiger partial charge in [0.25, 0.3) is 0 Å². The maximum absolute atomic E-state index is 5.59. The zero-order valence-electron chi connectivity index (χ0n) is 11.3. The molecular weight excluding hydrogens is 242 g/mol. The van der Waals surface area contributed by atoms with Crippen LogP contribution < -0.4 is 10.2 Å². The highest BCUT2D eigenvalue weighted by molar-refractivity contribution is 5.25. The molecule has 0 aromatic carbocycles. The fourth-order valence-corrected chi connectivity index (χ4v) is 1.68. The summed E-state index contributed by atoms with van der Waals surface area (Å²) in [5, 5.41) is 11.3. The third kappa shape index (κ3) is 4.03. The molecule has 6 nitrogen and oxygen atoms in total. The second-order valence-corrected chi connectivity index (χ2v) is 4.37. The van der Waals surface area contributed by atoms with Gasteiger partial charge in [0.1, 0.15) is 0 Å². The first-order chi connectivity index (χ1) is 9.29. The molecule has 0 aliphatic heterocycles. The van der Waals surface area contributed by atoms with Crippen LogP contribution in [0.1, 0.15) is 24.8 Å². The maximum atomic E-state index is 5.59. The van der Waals surface area contributed by atoms with Gasteiger partial charge in [0, 0.05) is 26.0 Å². The lowest BCUT2D eigenvalue weighted by atomic mass is 10.3. The molecule has 0 aliphatic carbocycles. The Morgan fingerprint density at radius 1 is 1.37 bits per heavy atom. The van der Waals surface area contributed by atoms with Crippen molar-refractivity contribution >= 4 is 6.01 Å². The molecule has 19 heavy (non-hydrogen) atoms. The van der Waals surface area contributed by atoms with E-state index in [9.17, 15) is 0 Å². The molecule has 0 saturated carbocycles. The van der Waals surface area contributed by atoms with E-state index in [1.807, 2.05) is 30.3 Å². The first-order valence-electron chi connectivity index (χ1n) is 6.42. The van der Waals surface area contributed by atoms with E-state index in [1.54, 1.807) is 6.20 Å². The maximum Gasteiger partial charge on any atom is 0.318 e. The fourth-order valence-electron chi connectivity index (χ4n) is 1.68. The Hall–Kier alpha value is -1.95. The summed E-state index contributed by atoms with van der Waals surface area (Å²) >= 11 is 0. The average Bonchev–Trinajstić information content (AvgIpc) is 2.89. The molecule has 0 atom stereocenters. The second kappa shape index (κ2) is 6.84. The average molecular weight is 261 g/mol. The van der Waals surface area contributed by atoms with Crippen LogP contribution in [0.3, 0.4) is 0 Å². The first-order valence-corrected chi connectivity index (χ1v) is 6.42. The summed E-state index contributed by atoms with van der Waals surface area (Å²) in [6.45, 7) is 4.37. The van der Waals surface area contributed by atoms with Gasteiger partial charge < -0.3 is 14.6 Å². The number of pyridine rings is 1. The van der Waals surface area contributed by atoms with Gasteiger partial charge in [-0.25, -0.2) is 0 Å². The van der Waals surface area contributed by atoms with Crippen LogP contribution in [0.5, 0.6) is 0 Å². The Kier molecular flexibility index (Phi) is 4.85. The monoisotopic (exact) mass is 261 g/mol. The SMILES string of the molecule is CCCNCc1nnc(N(C)Cc2cccnc2)o1. The summed E-state index contributed by atoms with van der Waals surface area (Å²) in [4.78, 5) is 5.99. The van der Waals surface area contributed by atoms with E-state index in [0.29, 0.717) is 25.0 Å². The highest BCUT2D eigenvalue weighted by Gasteiger charge is 2.10. The van der Waals surface area contributed by atoms with Crippen molar-refractivity contribution in [3.8, 4) is 0 Å². The van der Waals surface area contributed by atoms with Crippen molar-refractivity contribution < 1.29 is 4.42 Å². The van der Waals surface area contributed by atoms with Crippen LogP contribution >= 0.6 is 0 Å². The lowest BCUT2D eigenvalue weighted by Gasteiger charge is -2.13. The van der Waals surface area contributed by atoms with Gasteiger partial charge in [-0.3, -0.25) is 4.98 Å². The molecule has 0 saturated heterocycles. The molecule has 2 heterocycles. The van der Waals surface area contributed by atoms with E-state index in [0.717, 1.165) is 18.5 Å². The highest BCUT2D eigenvalue weighted by Crippen LogP contribution is 2.13. The van der Waals surface area contributed by atoms with Crippen LogP contribution in [0.15, 0.2) is 28.9 Å². The van der Waals surface area contributed by atoms with E-state index < -0.39 is 0 Å². The Balaban J connectivity index is 1.90. The van der Waals surface area contributed by atoms with Gasteiger partial charge in [-0.05, 0) is 24.6 Å². The predicted molar refractivity (Wildman–Crippen MR) is 72.6 cm³/mol. The second-order valence-electron chi connectivity index (χ2n) is 4.37. The van der Waals surface area contributed by atoms with Gasteiger partial charge in [0.15, 0.2) is 0 Å². The number of anilines is 1.